The van der Waals surface area contributed by atoms with Crippen molar-refractivity contribution in [2.24, 2.45) is 11.7 Å². The third-order valence-corrected chi connectivity index (χ3v) is 0.547. The molecular formula is C4H14N2O2. The van der Waals surface area contributed by atoms with E-state index >= 15 is 0 Å². The van der Waals surface area contributed by atoms with Crippen molar-refractivity contribution in [1.82, 2.24) is 0 Å². The van der Waals surface area contributed by atoms with Crippen molar-refractivity contribution in [3.8, 4) is 0 Å². The minimum Gasteiger partial charge on any atom is -0.396 e. The molecule has 0 saturated heterocycles. The number of rotatable bonds is 2. The Bertz CT molecular complexity index is 33.2. The van der Waals surface area contributed by atoms with Gasteiger partial charge in [-0.3, -0.25) is 11.7 Å². The third kappa shape index (κ3) is 17.0. The van der Waals surface area contributed by atoms with Crippen LogP contribution in [-0.2, 0) is 0 Å². The highest BCUT2D eigenvalue weighted by Crippen LogP contribution is 1.83. The molecule has 8 heavy (non-hydrogen) atoms. The highest BCUT2D eigenvalue weighted by atomic mass is 16.3. The monoisotopic (exact) mass is 122 g/mol. The Labute approximate surface area is 49.1 Å². The molecule has 0 bridgehead atoms. The molecule has 0 aromatic heterocycles. The standard InChI is InChI=1S/C4H10O2.H4N2/c1-4(6)2-3-5;1-2/h4-6H,2-3H2,1H3;1-2H2. The van der Waals surface area contributed by atoms with E-state index in [0.717, 1.165) is 0 Å². The minimum absolute atomic E-state index is 0.0810. The van der Waals surface area contributed by atoms with Gasteiger partial charge >= 0.3 is 0 Å². The van der Waals surface area contributed by atoms with E-state index in [0.29, 0.717) is 6.42 Å². The molecule has 0 aliphatic rings. The van der Waals surface area contributed by atoms with Gasteiger partial charge in [0, 0.05) is 6.61 Å². The molecule has 0 rings (SSSR count). The fraction of sp³-hybridized carbons (Fsp3) is 1.00. The van der Waals surface area contributed by atoms with Gasteiger partial charge < -0.3 is 10.2 Å². The SMILES string of the molecule is CC(O)CCO.NN. The molecule has 0 aliphatic heterocycles. The maximum absolute atomic E-state index is 8.39. The molecule has 0 aliphatic carbocycles. The van der Waals surface area contributed by atoms with Gasteiger partial charge in [-0.2, -0.15) is 0 Å². The molecule has 0 saturated carbocycles. The smallest absolute Gasteiger partial charge is 0.0533 e. The molecule has 4 heteroatoms. The van der Waals surface area contributed by atoms with E-state index in [1.54, 1.807) is 6.92 Å². The first kappa shape index (κ1) is 10.8. The fourth-order valence-corrected chi connectivity index (χ4v) is 0.187. The molecule has 1 unspecified atom stereocenters. The van der Waals surface area contributed by atoms with Gasteiger partial charge in [0.25, 0.3) is 0 Å². The number of nitrogens with two attached hydrogens (primary N) is 2. The van der Waals surface area contributed by atoms with E-state index in [1.165, 1.54) is 0 Å². The second-order valence-corrected chi connectivity index (χ2v) is 1.36. The maximum Gasteiger partial charge on any atom is 0.0533 e. The lowest BCUT2D eigenvalue weighted by Crippen LogP contribution is -2.02. The summed E-state index contributed by atoms with van der Waals surface area (Å²) in [6, 6.07) is 0. The molecule has 0 spiro atoms. The lowest BCUT2D eigenvalue weighted by atomic mass is 10.3. The van der Waals surface area contributed by atoms with Crippen LogP contribution in [-0.4, -0.2) is 22.9 Å². The predicted molar refractivity (Wildman–Crippen MR) is 31.8 cm³/mol. The maximum atomic E-state index is 8.39. The summed E-state index contributed by atoms with van der Waals surface area (Å²) in [6.45, 7) is 1.73. The van der Waals surface area contributed by atoms with Crippen LogP contribution in [0.15, 0.2) is 0 Å². The number of hydrogen-bond acceptors (Lipinski definition) is 4. The van der Waals surface area contributed by atoms with Crippen molar-refractivity contribution in [2.75, 3.05) is 6.61 Å². The van der Waals surface area contributed by atoms with Crippen molar-refractivity contribution >= 4 is 0 Å². The van der Waals surface area contributed by atoms with Crippen LogP contribution in [0.5, 0.6) is 0 Å². The topological polar surface area (TPSA) is 92.5 Å². The van der Waals surface area contributed by atoms with Crippen molar-refractivity contribution in [3.63, 3.8) is 0 Å². The van der Waals surface area contributed by atoms with Gasteiger partial charge in [-0.15, -0.1) is 0 Å². The Balaban J connectivity index is 0. The molecule has 1 atom stereocenters. The largest absolute Gasteiger partial charge is 0.396 e. The van der Waals surface area contributed by atoms with Crippen LogP contribution in [0.25, 0.3) is 0 Å². The lowest BCUT2D eigenvalue weighted by Gasteiger charge is -1.95. The number of aliphatic hydroxyl groups excluding tert-OH is 2. The summed E-state index contributed by atoms with van der Waals surface area (Å²) in [6.07, 6.45) is 0.134. The normalized spacial score (nSPS) is 11.6. The van der Waals surface area contributed by atoms with Crippen LogP contribution >= 0.6 is 0 Å². The summed E-state index contributed by atoms with van der Waals surface area (Å²) in [5.41, 5.74) is 0. The first-order valence-corrected chi connectivity index (χ1v) is 2.39. The van der Waals surface area contributed by atoms with Crippen LogP contribution in [0.3, 0.4) is 0 Å². The zero-order valence-electron chi connectivity index (χ0n) is 5.04. The zero-order valence-corrected chi connectivity index (χ0v) is 5.04. The second kappa shape index (κ2) is 9.96. The van der Waals surface area contributed by atoms with E-state index in [9.17, 15) is 0 Å². The van der Waals surface area contributed by atoms with Crippen LogP contribution in [0.1, 0.15) is 13.3 Å². The van der Waals surface area contributed by atoms with Crippen molar-refractivity contribution in [1.29, 1.82) is 0 Å². The van der Waals surface area contributed by atoms with Crippen molar-refractivity contribution < 1.29 is 10.2 Å². The quantitative estimate of drug-likeness (QED) is 0.267. The van der Waals surface area contributed by atoms with Gasteiger partial charge in [-0.1, -0.05) is 0 Å². The Morgan fingerprint density at radius 1 is 1.50 bits per heavy atom. The van der Waals surface area contributed by atoms with E-state index in [4.69, 9.17) is 10.2 Å². The average molecular weight is 122 g/mol. The molecular weight excluding hydrogens is 108 g/mol. The first-order valence-electron chi connectivity index (χ1n) is 2.39. The van der Waals surface area contributed by atoms with E-state index in [-0.39, 0.29) is 12.7 Å². The first-order chi connectivity index (χ1) is 3.77. The van der Waals surface area contributed by atoms with E-state index in [2.05, 4.69) is 11.7 Å². The highest BCUT2D eigenvalue weighted by Gasteiger charge is 1.88. The Morgan fingerprint density at radius 2 is 1.88 bits per heavy atom. The molecule has 0 radical (unpaired) electrons. The van der Waals surface area contributed by atoms with E-state index < -0.39 is 0 Å². The Hall–Kier alpha value is -0.160. The van der Waals surface area contributed by atoms with Gasteiger partial charge in [0.1, 0.15) is 0 Å². The molecule has 0 amide bonds. The van der Waals surface area contributed by atoms with Crippen LogP contribution in [0, 0.1) is 0 Å². The molecule has 4 nitrogen and oxygen atoms in total. The van der Waals surface area contributed by atoms with Crippen LogP contribution in [0.2, 0.25) is 0 Å². The summed E-state index contributed by atoms with van der Waals surface area (Å²) in [4.78, 5) is 0. The number of aliphatic hydroxyl groups is 2. The van der Waals surface area contributed by atoms with Gasteiger partial charge in [-0.25, -0.2) is 0 Å². The summed E-state index contributed by atoms with van der Waals surface area (Å²) in [5.74, 6) is 8.00. The molecule has 0 aromatic rings. The highest BCUT2D eigenvalue weighted by molar-refractivity contribution is 4.40. The van der Waals surface area contributed by atoms with Gasteiger partial charge in [0.2, 0.25) is 0 Å². The number of hydrazine groups is 1. The van der Waals surface area contributed by atoms with Crippen molar-refractivity contribution in [3.05, 3.63) is 0 Å². The average Bonchev–Trinajstić information content (AvgIpc) is 1.72. The Morgan fingerprint density at radius 3 is 1.88 bits per heavy atom. The Kier molecular flexibility index (Phi) is 13.4. The third-order valence-electron chi connectivity index (χ3n) is 0.547. The van der Waals surface area contributed by atoms with Gasteiger partial charge in [0.05, 0.1) is 6.10 Å². The summed E-state index contributed by atoms with van der Waals surface area (Å²) in [5, 5.41) is 16.5. The summed E-state index contributed by atoms with van der Waals surface area (Å²) in [7, 11) is 0. The second-order valence-electron chi connectivity index (χ2n) is 1.36. The zero-order chi connectivity index (χ0) is 6.99. The molecule has 0 heterocycles. The predicted octanol–water partition coefficient (Wildman–Crippen LogP) is -1.43. The van der Waals surface area contributed by atoms with Crippen LogP contribution in [0.4, 0.5) is 0 Å². The van der Waals surface area contributed by atoms with Crippen molar-refractivity contribution in [2.45, 2.75) is 19.4 Å². The molecule has 0 fully saturated rings. The van der Waals surface area contributed by atoms with E-state index in [1.807, 2.05) is 0 Å². The van der Waals surface area contributed by atoms with Gasteiger partial charge in [-0.05, 0) is 13.3 Å². The summed E-state index contributed by atoms with van der Waals surface area (Å²) < 4.78 is 0. The molecule has 0 aromatic carbocycles. The minimum atomic E-state index is -0.352. The fourth-order valence-electron chi connectivity index (χ4n) is 0.187. The summed E-state index contributed by atoms with van der Waals surface area (Å²) >= 11 is 0. The molecule has 52 valence electrons. The van der Waals surface area contributed by atoms with Crippen LogP contribution < -0.4 is 11.7 Å². The number of hydrogen-bond donors (Lipinski definition) is 4. The lowest BCUT2D eigenvalue weighted by molar-refractivity contribution is 0.148. The molecule has 6 N–H and O–H groups in total. The van der Waals surface area contributed by atoms with Gasteiger partial charge in [0.15, 0.2) is 0 Å².